The van der Waals surface area contributed by atoms with Gasteiger partial charge in [0, 0.05) is 4.47 Å². The van der Waals surface area contributed by atoms with Gasteiger partial charge >= 0.3 is 0 Å². The summed E-state index contributed by atoms with van der Waals surface area (Å²) < 4.78 is 6.76. The maximum absolute atomic E-state index is 10.3. The van der Waals surface area contributed by atoms with Crippen molar-refractivity contribution in [1.29, 1.82) is 0 Å². The van der Waals surface area contributed by atoms with Crippen LogP contribution < -0.4 is 10.1 Å². The maximum Gasteiger partial charge on any atom is 0.119 e. The van der Waals surface area contributed by atoms with Crippen LogP contribution in [0, 0.1) is 6.92 Å². The molecule has 0 saturated carbocycles. The van der Waals surface area contributed by atoms with Crippen LogP contribution in [0.15, 0.2) is 22.7 Å². The molecule has 0 aliphatic carbocycles. The number of benzene rings is 1. The summed E-state index contributed by atoms with van der Waals surface area (Å²) in [5, 5.41) is 13.5. The van der Waals surface area contributed by atoms with Crippen LogP contribution in [0.1, 0.15) is 18.4 Å². The molecule has 0 spiro atoms. The number of ether oxygens (including phenoxy) is 1. The van der Waals surface area contributed by atoms with E-state index in [2.05, 4.69) is 21.2 Å². The minimum Gasteiger partial charge on any atom is -0.491 e. The van der Waals surface area contributed by atoms with E-state index in [1.165, 1.54) is 0 Å². The van der Waals surface area contributed by atoms with Crippen LogP contribution in [0.2, 0.25) is 0 Å². The molecule has 0 amide bonds. The van der Waals surface area contributed by atoms with E-state index in [0.29, 0.717) is 6.61 Å². The SMILES string of the molecule is Cc1cc(OCC2(O)CCNCC2)ccc1Br. The zero-order chi connectivity index (χ0) is 12.3. The Hall–Kier alpha value is -0.580. The van der Waals surface area contributed by atoms with Crippen molar-refractivity contribution in [1.82, 2.24) is 5.32 Å². The number of halogens is 1. The first-order valence-corrected chi connectivity index (χ1v) is 6.70. The summed E-state index contributed by atoms with van der Waals surface area (Å²) in [5.41, 5.74) is 0.464. The van der Waals surface area contributed by atoms with Crippen molar-refractivity contribution in [2.24, 2.45) is 0 Å². The molecular weight excluding hydrogens is 282 g/mol. The van der Waals surface area contributed by atoms with Gasteiger partial charge < -0.3 is 15.2 Å². The summed E-state index contributed by atoms with van der Waals surface area (Å²) >= 11 is 3.45. The molecule has 1 aliphatic rings. The van der Waals surface area contributed by atoms with Crippen molar-refractivity contribution in [3.63, 3.8) is 0 Å². The number of nitrogens with one attached hydrogen (secondary N) is 1. The van der Waals surface area contributed by atoms with E-state index in [1.54, 1.807) is 0 Å². The molecule has 2 N–H and O–H groups in total. The minimum absolute atomic E-state index is 0.371. The molecule has 1 saturated heterocycles. The van der Waals surface area contributed by atoms with E-state index in [-0.39, 0.29) is 0 Å². The predicted octanol–water partition coefficient (Wildman–Crippen LogP) is 2.25. The molecule has 2 rings (SSSR count). The average Bonchev–Trinajstić information content (AvgIpc) is 2.32. The molecule has 3 nitrogen and oxygen atoms in total. The molecule has 1 aliphatic heterocycles. The van der Waals surface area contributed by atoms with Crippen molar-refractivity contribution in [3.05, 3.63) is 28.2 Å². The van der Waals surface area contributed by atoms with Gasteiger partial charge in [0.2, 0.25) is 0 Å². The van der Waals surface area contributed by atoms with Gasteiger partial charge in [-0.25, -0.2) is 0 Å². The Labute approximate surface area is 110 Å². The summed E-state index contributed by atoms with van der Waals surface area (Å²) in [6, 6.07) is 5.87. The molecular formula is C13H18BrNO2. The van der Waals surface area contributed by atoms with Crippen molar-refractivity contribution in [2.75, 3.05) is 19.7 Å². The zero-order valence-electron chi connectivity index (χ0n) is 10.0. The molecule has 0 bridgehead atoms. The lowest BCUT2D eigenvalue weighted by atomic mass is 9.93. The first-order chi connectivity index (χ1) is 8.09. The van der Waals surface area contributed by atoms with Crippen LogP contribution in [-0.2, 0) is 0 Å². The molecule has 0 atom stereocenters. The minimum atomic E-state index is -0.674. The van der Waals surface area contributed by atoms with Crippen molar-refractivity contribution in [2.45, 2.75) is 25.4 Å². The van der Waals surface area contributed by atoms with E-state index in [9.17, 15) is 5.11 Å². The van der Waals surface area contributed by atoms with E-state index in [0.717, 1.165) is 41.7 Å². The lowest BCUT2D eigenvalue weighted by molar-refractivity contribution is -0.0286. The van der Waals surface area contributed by atoms with Gasteiger partial charge in [-0.05, 0) is 56.6 Å². The smallest absolute Gasteiger partial charge is 0.119 e. The topological polar surface area (TPSA) is 41.5 Å². The quantitative estimate of drug-likeness (QED) is 0.899. The Morgan fingerprint density at radius 3 is 2.76 bits per heavy atom. The maximum atomic E-state index is 10.3. The van der Waals surface area contributed by atoms with Crippen LogP contribution in [-0.4, -0.2) is 30.4 Å². The number of rotatable bonds is 3. The lowest BCUT2D eigenvalue weighted by Crippen LogP contribution is -2.45. The molecule has 0 unspecified atom stereocenters. The molecule has 1 heterocycles. The van der Waals surface area contributed by atoms with Crippen molar-refractivity contribution >= 4 is 15.9 Å². The molecule has 17 heavy (non-hydrogen) atoms. The Kier molecular flexibility index (Phi) is 4.07. The van der Waals surface area contributed by atoms with E-state index >= 15 is 0 Å². The molecule has 1 aromatic rings. The van der Waals surface area contributed by atoms with E-state index in [1.807, 2.05) is 25.1 Å². The third kappa shape index (κ3) is 3.44. The fourth-order valence-electron chi connectivity index (χ4n) is 1.96. The number of hydrogen-bond donors (Lipinski definition) is 2. The van der Waals surface area contributed by atoms with Gasteiger partial charge in [-0.3, -0.25) is 0 Å². The number of hydrogen-bond acceptors (Lipinski definition) is 3. The van der Waals surface area contributed by atoms with Crippen LogP contribution in [0.3, 0.4) is 0 Å². The summed E-state index contributed by atoms with van der Waals surface area (Å²) in [6.45, 7) is 4.12. The number of aryl methyl sites for hydroxylation is 1. The molecule has 0 aromatic heterocycles. The van der Waals surface area contributed by atoms with Crippen LogP contribution in [0.5, 0.6) is 5.75 Å². The zero-order valence-corrected chi connectivity index (χ0v) is 11.6. The monoisotopic (exact) mass is 299 g/mol. The highest BCUT2D eigenvalue weighted by Gasteiger charge is 2.29. The first kappa shape index (κ1) is 12.9. The van der Waals surface area contributed by atoms with Crippen LogP contribution in [0.4, 0.5) is 0 Å². The summed E-state index contributed by atoms with van der Waals surface area (Å²) in [7, 11) is 0. The fourth-order valence-corrected chi connectivity index (χ4v) is 2.21. The molecule has 4 heteroatoms. The standard InChI is InChI=1S/C13H18BrNO2/c1-10-8-11(2-3-12(10)14)17-9-13(16)4-6-15-7-5-13/h2-3,8,15-16H,4-7,9H2,1H3. The van der Waals surface area contributed by atoms with Crippen molar-refractivity contribution in [3.8, 4) is 5.75 Å². The van der Waals surface area contributed by atoms with Gasteiger partial charge in [0.25, 0.3) is 0 Å². The number of aliphatic hydroxyl groups is 1. The highest BCUT2D eigenvalue weighted by Crippen LogP contribution is 2.24. The molecule has 1 fully saturated rings. The Bertz CT molecular complexity index is 389. The molecule has 1 aromatic carbocycles. The second-order valence-corrected chi connectivity index (χ2v) is 5.53. The lowest BCUT2D eigenvalue weighted by Gasteiger charge is -2.32. The highest BCUT2D eigenvalue weighted by atomic mass is 79.9. The summed E-state index contributed by atoms with van der Waals surface area (Å²) in [5.74, 6) is 0.817. The highest BCUT2D eigenvalue weighted by molar-refractivity contribution is 9.10. The Morgan fingerprint density at radius 2 is 2.12 bits per heavy atom. The van der Waals surface area contributed by atoms with Gasteiger partial charge in [-0.2, -0.15) is 0 Å². The second-order valence-electron chi connectivity index (χ2n) is 4.67. The van der Waals surface area contributed by atoms with Crippen molar-refractivity contribution < 1.29 is 9.84 Å². The third-order valence-electron chi connectivity index (χ3n) is 3.17. The van der Waals surface area contributed by atoms with Crippen LogP contribution >= 0.6 is 15.9 Å². The largest absolute Gasteiger partial charge is 0.491 e. The van der Waals surface area contributed by atoms with Crippen LogP contribution in [0.25, 0.3) is 0 Å². The molecule has 0 radical (unpaired) electrons. The first-order valence-electron chi connectivity index (χ1n) is 5.91. The second kappa shape index (κ2) is 5.38. The fraction of sp³-hybridized carbons (Fsp3) is 0.538. The van der Waals surface area contributed by atoms with Gasteiger partial charge in [-0.1, -0.05) is 15.9 Å². The Morgan fingerprint density at radius 1 is 1.41 bits per heavy atom. The normalized spacial score (nSPS) is 19.0. The summed E-state index contributed by atoms with van der Waals surface area (Å²) in [4.78, 5) is 0. The van der Waals surface area contributed by atoms with Gasteiger partial charge in [0.05, 0.1) is 0 Å². The van der Waals surface area contributed by atoms with Gasteiger partial charge in [-0.15, -0.1) is 0 Å². The number of piperidine rings is 1. The average molecular weight is 300 g/mol. The molecule has 94 valence electrons. The summed E-state index contributed by atoms with van der Waals surface area (Å²) in [6.07, 6.45) is 1.50. The van der Waals surface area contributed by atoms with E-state index < -0.39 is 5.60 Å². The Balaban J connectivity index is 1.94. The van der Waals surface area contributed by atoms with E-state index in [4.69, 9.17) is 4.74 Å². The third-order valence-corrected chi connectivity index (χ3v) is 4.06. The van der Waals surface area contributed by atoms with Gasteiger partial charge in [0.1, 0.15) is 18.0 Å². The predicted molar refractivity (Wildman–Crippen MR) is 71.4 cm³/mol. The van der Waals surface area contributed by atoms with Gasteiger partial charge in [0.15, 0.2) is 0 Å².